The highest BCUT2D eigenvalue weighted by molar-refractivity contribution is 7.80. The third-order valence-corrected chi connectivity index (χ3v) is 3.54. The largest absolute Gasteiger partial charge is 0.480 e. The molecule has 0 saturated carbocycles. The van der Waals surface area contributed by atoms with Crippen LogP contribution in [0.1, 0.15) is 13.3 Å². The first-order chi connectivity index (χ1) is 12.0. The summed E-state index contributed by atoms with van der Waals surface area (Å²) in [7, 11) is 1.56. The van der Waals surface area contributed by atoms with E-state index in [1.807, 2.05) is 0 Å². The van der Waals surface area contributed by atoms with Crippen molar-refractivity contribution in [1.29, 1.82) is 0 Å². The van der Waals surface area contributed by atoms with Crippen LogP contribution in [0.3, 0.4) is 0 Å². The van der Waals surface area contributed by atoms with Gasteiger partial charge in [0.2, 0.25) is 5.91 Å². The van der Waals surface area contributed by atoms with Gasteiger partial charge >= 0.3 is 12.0 Å². The third-order valence-electron chi connectivity index (χ3n) is 3.15. The van der Waals surface area contributed by atoms with E-state index in [1.165, 1.54) is 11.9 Å². The summed E-state index contributed by atoms with van der Waals surface area (Å²) < 4.78 is 0. The van der Waals surface area contributed by atoms with Crippen LogP contribution in [0.4, 0.5) is 4.79 Å². The van der Waals surface area contributed by atoms with E-state index in [4.69, 9.17) is 33.9 Å². The number of aliphatic hydroxyl groups is 2. The number of carbonyl (C=O) groups is 3. The molecule has 4 atom stereocenters. The molecule has 0 radical (unpaired) electrons. The molecule has 0 fully saturated rings. The molecule has 12 nitrogen and oxygen atoms in total. The van der Waals surface area contributed by atoms with Crippen molar-refractivity contribution in [2.45, 2.75) is 37.6 Å². The zero-order valence-corrected chi connectivity index (χ0v) is 15.3. The Balaban J connectivity index is 4.83. The fourth-order valence-electron chi connectivity index (χ4n) is 1.89. The van der Waals surface area contributed by atoms with E-state index in [0.717, 1.165) is 0 Å². The van der Waals surface area contributed by atoms with E-state index in [9.17, 15) is 19.5 Å². The minimum absolute atomic E-state index is 0.0566. The number of hydrogen-bond acceptors (Lipinski definition) is 8. The highest BCUT2D eigenvalue weighted by atomic mass is 32.1. The molecule has 0 aromatic rings. The summed E-state index contributed by atoms with van der Waals surface area (Å²) in [6.07, 6.45) is -1.56. The smallest absolute Gasteiger partial charge is 0.328 e. The van der Waals surface area contributed by atoms with Crippen molar-refractivity contribution in [1.82, 2.24) is 21.1 Å². The Morgan fingerprint density at radius 3 is 2.27 bits per heavy atom. The van der Waals surface area contributed by atoms with Crippen LogP contribution in [0.2, 0.25) is 0 Å². The minimum atomic E-state index is -1.52. The van der Waals surface area contributed by atoms with Crippen molar-refractivity contribution < 1.29 is 29.7 Å². The number of nitrogens with one attached hydrogen (secondary N) is 3. The van der Waals surface area contributed by atoms with Crippen LogP contribution in [0, 0.1) is 0 Å². The van der Waals surface area contributed by atoms with Crippen LogP contribution in [0.15, 0.2) is 0 Å². The van der Waals surface area contributed by atoms with Crippen molar-refractivity contribution in [3.63, 3.8) is 0 Å². The number of nitrogens with two attached hydrogens (primary N) is 2. The molecular formula is C13H26N6O6S. The van der Waals surface area contributed by atoms with E-state index < -0.39 is 42.1 Å². The van der Waals surface area contributed by atoms with Crippen molar-refractivity contribution in [3.05, 3.63) is 0 Å². The molecule has 0 rings (SSSR count). The van der Waals surface area contributed by atoms with Crippen LogP contribution in [-0.4, -0.2) is 87.7 Å². The molecule has 0 heterocycles. The standard InChI is InChI=1S/C13H26N6O6S/c1-6(21)10(12(23)24)17-13(25)16-7(3-9(15)22)4-19(2)18-11(26)8(14)5-20/h6-8,10,20-21H,3-5,14H2,1-2H3,(H2,15,22)(H,18,26)(H,23,24)(H2,16,17,25)/t6?,7-,8-,10-/m0/s1. The van der Waals surface area contributed by atoms with Gasteiger partial charge in [-0.2, -0.15) is 0 Å². The van der Waals surface area contributed by atoms with Crippen LogP contribution in [0.25, 0.3) is 0 Å². The highest BCUT2D eigenvalue weighted by Crippen LogP contribution is 1.97. The SMILES string of the molecule is CC(O)[C@H](NC(=O)N[C@@H](CC(N)=O)CN(C)NC(=S)[C@@H](N)CO)C(=O)O. The zero-order valence-electron chi connectivity index (χ0n) is 14.5. The lowest BCUT2D eigenvalue weighted by Crippen LogP contribution is -2.57. The first-order valence-electron chi connectivity index (χ1n) is 7.62. The molecule has 0 aliphatic rings. The van der Waals surface area contributed by atoms with Gasteiger partial charge in [-0.15, -0.1) is 0 Å². The molecule has 3 amide bonds. The second-order valence-electron chi connectivity index (χ2n) is 5.69. The maximum atomic E-state index is 11.9. The van der Waals surface area contributed by atoms with Crippen molar-refractivity contribution in [3.8, 4) is 0 Å². The van der Waals surface area contributed by atoms with Crippen LogP contribution < -0.4 is 27.5 Å². The number of rotatable bonds is 11. The molecule has 0 spiro atoms. The van der Waals surface area contributed by atoms with Gasteiger partial charge in [-0.25, -0.2) is 14.6 Å². The average Bonchev–Trinajstić information content (AvgIpc) is 2.49. The summed E-state index contributed by atoms with van der Waals surface area (Å²) in [5.41, 5.74) is 13.4. The number of thiocarbonyl (C=S) groups is 1. The molecule has 150 valence electrons. The number of hydrazine groups is 1. The van der Waals surface area contributed by atoms with Crippen LogP contribution in [-0.2, 0) is 9.59 Å². The number of aliphatic carboxylic acids is 1. The number of urea groups is 1. The van der Waals surface area contributed by atoms with Gasteiger partial charge in [0.05, 0.1) is 24.8 Å². The summed E-state index contributed by atoms with van der Waals surface area (Å²) in [5, 5.41) is 33.2. The molecule has 13 heteroatoms. The molecule has 0 aromatic carbocycles. The molecule has 26 heavy (non-hydrogen) atoms. The predicted octanol–water partition coefficient (Wildman–Crippen LogP) is -3.55. The molecule has 0 aliphatic carbocycles. The summed E-state index contributed by atoms with van der Waals surface area (Å²) in [4.78, 5) is 34.3. The highest BCUT2D eigenvalue weighted by Gasteiger charge is 2.26. The predicted molar refractivity (Wildman–Crippen MR) is 95.8 cm³/mol. The summed E-state index contributed by atoms with van der Waals surface area (Å²) in [6.45, 7) is 0.908. The Kier molecular flexibility index (Phi) is 10.6. The third kappa shape index (κ3) is 9.43. The van der Waals surface area contributed by atoms with Gasteiger partial charge in [0.1, 0.15) is 4.99 Å². The van der Waals surface area contributed by atoms with E-state index in [0.29, 0.717) is 0 Å². The summed E-state index contributed by atoms with van der Waals surface area (Å²) >= 11 is 4.97. The molecule has 0 aromatic heterocycles. The van der Waals surface area contributed by atoms with Gasteiger partial charge in [-0.1, -0.05) is 12.2 Å². The van der Waals surface area contributed by atoms with E-state index in [2.05, 4.69) is 16.1 Å². The van der Waals surface area contributed by atoms with E-state index in [-0.39, 0.29) is 24.6 Å². The minimum Gasteiger partial charge on any atom is -0.480 e. The van der Waals surface area contributed by atoms with Crippen LogP contribution >= 0.6 is 12.2 Å². The van der Waals surface area contributed by atoms with Gasteiger partial charge in [-0.05, 0) is 6.92 Å². The number of nitrogens with zero attached hydrogens (tertiary/aromatic N) is 1. The van der Waals surface area contributed by atoms with Crippen molar-refractivity contribution in [2.24, 2.45) is 11.5 Å². The molecule has 1 unspecified atom stereocenters. The Labute approximate surface area is 155 Å². The van der Waals surface area contributed by atoms with Crippen LogP contribution in [0.5, 0.6) is 0 Å². The number of carboxylic acids is 1. The van der Waals surface area contributed by atoms with Crippen molar-refractivity contribution >= 4 is 35.1 Å². The second kappa shape index (κ2) is 11.5. The molecule has 0 bridgehead atoms. The van der Waals surface area contributed by atoms with Crippen molar-refractivity contribution in [2.75, 3.05) is 20.2 Å². The number of carbonyl (C=O) groups excluding carboxylic acids is 2. The Morgan fingerprint density at radius 1 is 1.27 bits per heavy atom. The van der Waals surface area contributed by atoms with E-state index >= 15 is 0 Å². The van der Waals surface area contributed by atoms with Gasteiger partial charge < -0.3 is 42.8 Å². The van der Waals surface area contributed by atoms with Gasteiger partial charge in [0, 0.05) is 20.0 Å². The lowest BCUT2D eigenvalue weighted by Gasteiger charge is -2.27. The monoisotopic (exact) mass is 394 g/mol. The lowest BCUT2D eigenvalue weighted by molar-refractivity contribution is -0.141. The molecule has 0 saturated heterocycles. The lowest BCUT2D eigenvalue weighted by atomic mass is 10.2. The molecular weight excluding hydrogens is 368 g/mol. The molecule has 10 N–H and O–H groups in total. The number of hydrogen-bond donors (Lipinski definition) is 8. The van der Waals surface area contributed by atoms with Gasteiger partial charge in [-0.3, -0.25) is 4.79 Å². The topological polar surface area (TPSA) is 203 Å². The zero-order chi connectivity index (χ0) is 20.4. The second-order valence-corrected chi connectivity index (χ2v) is 6.13. The van der Waals surface area contributed by atoms with Gasteiger partial charge in [0.15, 0.2) is 6.04 Å². The first kappa shape index (κ1) is 23.9. The Hall–Kier alpha value is -2.06. The maximum Gasteiger partial charge on any atom is 0.328 e. The number of aliphatic hydroxyl groups excluding tert-OH is 2. The quantitative estimate of drug-likeness (QED) is 0.128. The van der Waals surface area contributed by atoms with Gasteiger partial charge in [0.25, 0.3) is 0 Å². The normalized spacial score (nSPS) is 15.5. The number of primary amides is 1. The Bertz CT molecular complexity index is 519. The maximum absolute atomic E-state index is 11.9. The molecule has 0 aliphatic heterocycles. The fraction of sp³-hybridized carbons (Fsp3) is 0.692. The van der Waals surface area contributed by atoms with E-state index in [1.54, 1.807) is 7.05 Å². The number of amides is 3. The summed E-state index contributed by atoms with van der Waals surface area (Å²) in [5.74, 6) is -2.10. The number of carboxylic acid groups (broad SMARTS) is 1. The fourth-order valence-corrected chi connectivity index (χ4v) is 2.12. The Morgan fingerprint density at radius 2 is 1.85 bits per heavy atom. The first-order valence-corrected chi connectivity index (χ1v) is 8.03. The number of likely N-dealkylation sites (N-methyl/N-ethyl adjacent to an activating group) is 1. The summed E-state index contributed by atoms with van der Waals surface area (Å²) in [6, 6.07) is -3.98. The average molecular weight is 394 g/mol.